The molecule has 0 bridgehead atoms. The molecule has 7 heteroatoms. The third-order valence-electron chi connectivity index (χ3n) is 4.64. The third kappa shape index (κ3) is 7.08. The van der Waals surface area contributed by atoms with E-state index in [0.717, 1.165) is 9.99 Å². The van der Waals surface area contributed by atoms with Crippen LogP contribution in [0.25, 0.3) is 6.08 Å². The van der Waals surface area contributed by atoms with Crippen molar-refractivity contribution in [3.05, 3.63) is 98.8 Å². The fourth-order valence-corrected chi connectivity index (χ4v) is 3.87. The maximum absolute atomic E-state index is 12.4. The second-order valence-corrected chi connectivity index (χ2v) is 8.19. The van der Waals surface area contributed by atoms with Gasteiger partial charge in [-0.2, -0.15) is 0 Å². The van der Waals surface area contributed by atoms with Gasteiger partial charge in [0.25, 0.3) is 5.91 Å². The number of halogens is 1. The van der Waals surface area contributed by atoms with Crippen LogP contribution in [0.15, 0.2) is 78.5 Å². The molecule has 170 valence electrons. The number of nitrogens with one attached hydrogen (secondary N) is 1. The number of aliphatic carboxylic acids is 1. The Kier molecular flexibility index (Phi) is 8.88. The number of benzene rings is 3. The van der Waals surface area contributed by atoms with Crippen molar-refractivity contribution in [2.24, 2.45) is 0 Å². The zero-order chi connectivity index (χ0) is 23.6. The number of carboxylic acids is 1. The first-order valence-corrected chi connectivity index (χ1v) is 11.5. The highest BCUT2D eigenvalue weighted by atomic mass is 127. The molecule has 0 spiro atoms. The van der Waals surface area contributed by atoms with Gasteiger partial charge in [0.2, 0.25) is 0 Å². The summed E-state index contributed by atoms with van der Waals surface area (Å²) >= 11 is 2.14. The Morgan fingerprint density at radius 3 is 2.30 bits per heavy atom. The van der Waals surface area contributed by atoms with Crippen molar-refractivity contribution in [1.29, 1.82) is 0 Å². The fraction of sp³-hybridized carbons (Fsp3) is 0.154. The van der Waals surface area contributed by atoms with Crippen molar-refractivity contribution < 1.29 is 24.2 Å². The van der Waals surface area contributed by atoms with Crippen LogP contribution in [-0.4, -0.2) is 30.2 Å². The Balaban J connectivity index is 1.81. The van der Waals surface area contributed by atoms with E-state index in [1.54, 1.807) is 42.5 Å². The summed E-state index contributed by atoms with van der Waals surface area (Å²) in [6.07, 6.45) is 2.15. The molecule has 0 aromatic heterocycles. The molecule has 0 unspecified atom stereocenters. The summed E-state index contributed by atoms with van der Waals surface area (Å²) in [5.74, 6) is -0.612. The molecule has 0 aliphatic rings. The highest BCUT2D eigenvalue weighted by molar-refractivity contribution is 14.1. The van der Waals surface area contributed by atoms with Gasteiger partial charge in [0.1, 0.15) is 5.70 Å². The predicted molar refractivity (Wildman–Crippen MR) is 135 cm³/mol. The molecule has 33 heavy (non-hydrogen) atoms. The summed E-state index contributed by atoms with van der Waals surface area (Å²) in [6, 6.07) is 22.0. The molecule has 1 amide bonds. The molecule has 3 aromatic rings. The average Bonchev–Trinajstić information content (AvgIpc) is 2.81. The van der Waals surface area contributed by atoms with Crippen LogP contribution < -0.4 is 14.8 Å². The Morgan fingerprint density at radius 2 is 1.67 bits per heavy atom. The number of rotatable bonds is 10. The van der Waals surface area contributed by atoms with Crippen molar-refractivity contribution in [1.82, 2.24) is 5.32 Å². The van der Waals surface area contributed by atoms with Crippen LogP contribution in [0.3, 0.4) is 0 Å². The maximum atomic E-state index is 12.4. The van der Waals surface area contributed by atoms with Crippen LogP contribution in [0.5, 0.6) is 11.5 Å². The molecule has 6 nitrogen and oxygen atoms in total. The molecule has 0 saturated heterocycles. The molecule has 0 saturated carbocycles. The molecule has 0 heterocycles. The number of carbonyl (C=O) groups is 2. The number of hydrogen-bond donors (Lipinski definition) is 2. The van der Waals surface area contributed by atoms with E-state index in [1.807, 2.05) is 37.3 Å². The second-order valence-electron chi connectivity index (χ2n) is 7.03. The van der Waals surface area contributed by atoms with E-state index in [2.05, 4.69) is 27.9 Å². The van der Waals surface area contributed by atoms with Gasteiger partial charge in [-0.3, -0.25) is 4.79 Å². The van der Waals surface area contributed by atoms with Gasteiger partial charge >= 0.3 is 5.97 Å². The first-order chi connectivity index (χ1) is 16.0. The van der Waals surface area contributed by atoms with Crippen molar-refractivity contribution in [2.75, 3.05) is 13.2 Å². The lowest BCUT2D eigenvalue weighted by molar-refractivity contribution is -0.132. The van der Waals surface area contributed by atoms with Crippen LogP contribution >= 0.6 is 22.6 Å². The molecule has 0 radical (unpaired) electrons. The molecule has 3 rings (SSSR count). The summed E-state index contributed by atoms with van der Waals surface area (Å²) in [4.78, 5) is 24.2. The van der Waals surface area contributed by atoms with Gasteiger partial charge in [-0.25, -0.2) is 4.79 Å². The monoisotopic (exact) mass is 557 g/mol. The lowest BCUT2D eigenvalue weighted by Gasteiger charge is -2.15. The van der Waals surface area contributed by atoms with Crippen molar-refractivity contribution >= 4 is 40.5 Å². The van der Waals surface area contributed by atoms with Gasteiger partial charge in [0.15, 0.2) is 11.5 Å². The van der Waals surface area contributed by atoms with Gasteiger partial charge < -0.3 is 19.9 Å². The number of amides is 1. The summed E-state index contributed by atoms with van der Waals surface area (Å²) in [5, 5.41) is 12.1. The zero-order valence-corrected chi connectivity index (χ0v) is 20.2. The molecular weight excluding hydrogens is 533 g/mol. The number of ether oxygens (including phenoxy) is 2. The number of hydrogen-bond acceptors (Lipinski definition) is 4. The summed E-state index contributed by atoms with van der Waals surface area (Å²) in [6.45, 7) is 2.77. The molecule has 0 aliphatic heterocycles. The van der Waals surface area contributed by atoms with E-state index in [9.17, 15) is 14.7 Å². The second kappa shape index (κ2) is 12.1. The number of carbonyl (C=O) groups excluding carboxylic acids is 1. The van der Waals surface area contributed by atoms with Gasteiger partial charge in [0.05, 0.1) is 16.8 Å². The van der Waals surface area contributed by atoms with Crippen LogP contribution in [0.2, 0.25) is 0 Å². The van der Waals surface area contributed by atoms with E-state index >= 15 is 0 Å². The Labute approximate surface area is 206 Å². The van der Waals surface area contributed by atoms with Crippen LogP contribution in [0, 0.1) is 3.57 Å². The van der Waals surface area contributed by atoms with E-state index < -0.39 is 11.9 Å². The van der Waals surface area contributed by atoms with Crippen LogP contribution in [0.1, 0.15) is 28.4 Å². The minimum absolute atomic E-state index is 0.236. The van der Waals surface area contributed by atoms with Crippen LogP contribution in [-0.2, 0) is 11.2 Å². The summed E-state index contributed by atoms with van der Waals surface area (Å²) in [7, 11) is 0. The highest BCUT2D eigenvalue weighted by Gasteiger charge is 2.16. The van der Waals surface area contributed by atoms with Crippen molar-refractivity contribution in [2.45, 2.75) is 13.3 Å². The first-order valence-electron chi connectivity index (χ1n) is 10.4. The minimum Gasteiger partial charge on any atom is -0.490 e. The first kappa shape index (κ1) is 24.3. The van der Waals surface area contributed by atoms with Gasteiger partial charge in [-0.1, -0.05) is 48.5 Å². The van der Waals surface area contributed by atoms with Crippen LogP contribution in [0.4, 0.5) is 0 Å². The molecular formula is C26H24INO5. The maximum Gasteiger partial charge on any atom is 0.352 e. The molecule has 2 N–H and O–H groups in total. The fourth-order valence-electron chi connectivity index (χ4n) is 3.09. The van der Waals surface area contributed by atoms with E-state index in [0.29, 0.717) is 35.8 Å². The topological polar surface area (TPSA) is 84.9 Å². The van der Waals surface area contributed by atoms with E-state index in [-0.39, 0.29) is 5.70 Å². The smallest absolute Gasteiger partial charge is 0.352 e. The van der Waals surface area contributed by atoms with Gasteiger partial charge in [-0.15, -0.1) is 0 Å². The molecule has 0 atom stereocenters. The zero-order valence-electron chi connectivity index (χ0n) is 18.1. The normalized spacial score (nSPS) is 11.0. The molecule has 0 aliphatic carbocycles. The quantitative estimate of drug-likeness (QED) is 0.266. The lowest BCUT2D eigenvalue weighted by atomic mass is 10.1. The summed E-state index contributed by atoms with van der Waals surface area (Å²) < 4.78 is 12.5. The highest BCUT2D eigenvalue weighted by Crippen LogP contribution is 2.35. The van der Waals surface area contributed by atoms with E-state index in [4.69, 9.17) is 9.47 Å². The summed E-state index contributed by atoms with van der Waals surface area (Å²) in [5.41, 5.74) is 1.88. The molecule has 0 fully saturated rings. The lowest BCUT2D eigenvalue weighted by Crippen LogP contribution is -2.27. The Morgan fingerprint density at radius 1 is 1.00 bits per heavy atom. The standard InChI is InChI=1S/C26H24INO5/c1-2-32-23-17-19(15-21(27)24(23)33-14-13-18-9-5-3-6-10-18)16-22(26(30)31)28-25(29)20-11-7-4-8-12-20/h3-12,15-17H,2,13-14H2,1H3,(H,28,29)(H,30,31). The number of carboxylic acid groups (broad SMARTS) is 1. The Bertz CT molecular complexity index is 1130. The minimum atomic E-state index is -1.24. The SMILES string of the molecule is CCOc1cc(C=C(NC(=O)c2ccccc2)C(=O)O)cc(I)c1OCCc1ccccc1. The van der Waals surface area contributed by atoms with Crippen molar-refractivity contribution in [3.63, 3.8) is 0 Å². The largest absolute Gasteiger partial charge is 0.490 e. The predicted octanol–water partition coefficient (Wildman–Crippen LogP) is 5.17. The average molecular weight is 557 g/mol. The van der Waals surface area contributed by atoms with E-state index in [1.165, 1.54) is 11.6 Å². The van der Waals surface area contributed by atoms with Crippen molar-refractivity contribution in [3.8, 4) is 11.5 Å². The van der Waals surface area contributed by atoms with Gasteiger partial charge in [0, 0.05) is 12.0 Å². The van der Waals surface area contributed by atoms with Gasteiger partial charge in [-0.05, 0) is 71.0 Å². The third-order valence-corrected chi connectivity index (χ3v) is 5.44. The Hall–Kier alpha value is -3.33. The molecule has 3 aromatic carbocycles.